The molecule has 3 aromatic rings. The lowest BCUT2D eigenvalue weighted by atomic mass is 10.1. The highest BCUT2D eigenvalue weighted by Gasteiger charge is 2.33. The number of methoxy groups -OCH3 is 1. The molecule has 174 valence electrons. The Hall–Kier alpha value is -3.00. The van der Waals surface area contributed by atoms with Crippen molar-refractivity contribution in [3.63, 3.8) is 0 Å². The fourth-order valence-electron chi connectivity index (χ4n) is 3.43. The minimum atomic E-state index is -0.174. The largest absolute Gasteiger partial charge is 0.493 e. The van der Waals surface area contributed by atoms with Crippen molar-refractivity contribution in [2.24, 2.45) is 0 Å². The van der Waals surface area contributed by atoms with Gasteiger partial charge in [-0.3, -0.25) is 9.69 Å². The van der Waals surface area contributed by atoms with E-state index >= 15 is 0 Å². The summed E-state index contributed by atoms with van der Waals surface area (Å²) in [4.78, 5) is 17.2. The summed E-state index contributed by atoms with van der Waals surface area (Å²) in [5, 5.41) is 0.399. The molecule has 1 aliphatic rings. The van der Waals surface area contributed by atoms with Crippen LogP contribution >= 0.6 is 35.6 Å². The number of carbonyl (C=O) groups excluding carboxylic acids is 1. The first-order valence-electron chi connectivity index (χ1n) is 10.5. The molecular formula is C26H23ClN2O3S2. The number of nitrogens with zero attached hydrogens (tertiary/aromatic N) is 2. The first-order valence-corrected chi connectivity index (χ1v) is 12.1. The highest BCUT2D eigenvalue weighted by atomic mass is 35.5. The van der Waals surface area contributed by atoms with Gasteiger partial charge < -0.3 is 14.4 Å². The molecule has 1 fully saturated rings. The van der Waals surface area contributed by atoms with Crippen molar-refractivity contribution in [2.75, 3.05) is 31.0 Å². The quantitative estimate of drug-likeness (QED) is 0.270. The number of thiocarbonyl (C=S) groups is 1. The van der Waals surface area contributed by atoms with Crippen molar-refractivity contribution in [2.45, 2.75) is 6.61 Å². The number of carbonyl (C=O) groups is 1. The van der Waals surface area contributed by atoms with Crippen LogP contribution in [0.1, 0.15) is 11.1 Å². The topological polar surface area (TPSA) is 42.0 Å². The lowest BCUT2D eigenvalue weighted by Crippen LogP contribution is -2.27. The van der Waals surface area contributed by atoms with Gasteiger partial charge >= 0.3 is 0 Å². The number of amides is 1. The second-order valence-electron chi connectivity index (χ2n) is 7.74. The van der Waals surface area contributed by atoms with Gasteiger partial charge in [0.1, 0.15) is 6.61 Å². The SMILES string of the molecule is COc1cc(/C=C2/SC(=S)N(c3ccc(N(C)C)cc3)C2=O)cc(Cl)c1OCc1ccccc1. The number of thioether (sulfide) groups is 1. The lowest BCUT2D eigenvalue weighted by molar-refractivity contribution is -0.113. The fourth-order valence-corrected chi connectivity index (χ4v) is 5.01. The average Bonchev–Trinajstić information content (AvgIpc) is 3.11. The summed E-state index contributed by atoms with van der Waals surface area (Å²) in [6.07, 6.45) is 1.77. The third-order valence-electron chi connectivity index (χ3n) is 5.19. The Balaban J connectivity index is 1.56. The Morgan fingerprint density at radius 1 is 1.09 bits per heavy atom. The van der Waals surface area contributed by atoms with E-state index in [9.17, 15) is 4.79 Å². The summed E-state index contributed by atoms with van der Waals surface area (Å²) in [6.45, 7) is 0.363. The van der Waals surface area contributed by atoms with Crippen molar-refractivity contribution in [3.05, 3.63) is 87.8 Å². The van der Waals surface area contributed by atoms with Crippen LogP contribution in [0.2, 0.25) is 5.02 Å². The number of hydrogen-bond donors (Lipinski definition) is 0. The molecule has 0 spiro atoms. The summed E-state index contributed by atoms with van der Waals surface area (Å²) in [6, 6.07) is 21.0. The van der Waals surface area contributed by atoms with Gasteiger partial charge in [-0.05, 0) is 53.6 Å². The normalized spacial score (nSPS) is 14.6. The van der Waals surface area contributed by atoms with Crippen molar-refractivity contribution in [1.29, 1.82) is 0 Å². The minimum absolute atomic E-state index is 0.174. The maximum Gasteiger partial charge on any atom is 0.270 e. The van der Waals surface area contributed by atoms with Crippen LogP contribution in [-0.2, 0) is 11.4 Å². The number of hydrogen-bond acceptors (Lipinski definition) is 6. The fraction of sp³-hybridized carbons (Fsp3) is 0.154. The lowest BCUT2D eigenvalue weighted by Gasteiger charge is -2.17. The van der Waals surface area contributed by atoms with Gasteiger partial charge in [-0.15, -0.1) is 0 Å². The molecule has 0 aromatic heterocycles. The smallest absolute Gasteiger partial charge is 0.270 e. The minimum Gasteiger partial charge on any atom is -0.493 e. The Bertz CT molecular complexity index is 1240. The molecule has 1 aliphatic heterocycles. The van der Waals surface area contributed by atoms with Crippen molar-refractivity contribution < 1.29 is 14.3 Å². The number of rotatable bonds is 7. The van der Waals surface area contributed by atoms with Gasteiger partial charge in [-0.25, -0.2) is 0 Å². The van der Waals surface area contributed by atoms with E-state index in [1.807, 2.05) is 73.6 Å². The summed E-state index contributed by atoms with van der Waals surface area (Å²) in [5.41, 5.74) is 3.52. The third-order valence-corrected chi connectivity index (χ3v) is 6.78. The van der Waals surface area contributed by atoms with Crippen LogP contribution in [0.15, 0.2) is 71.6 Å². The number of anilines is 2. The maximum atomic E-state index is 13.2. The van der Waals surface area contributed by atoms with Crippen molar-refractivity contribution in [3.8, 4) is 11.5 Å². The monoisotopic (exact) mass is 510 g/mol. The van der Waals surface area contributed by atoms with Gasteiger partial charge in [0.2, 0.25) is 0 Å². The van der Waals surface area contributed by atoms with Crippen LogP contribution in [0.5, 0.6) is 11.5 Å². The third kappa shape index (κ3) is 5.22. The standard InChI is InChI=1S/C26H23ClN2O3S2/c1-28(2)19-9-11-20(12-10-19)29-25(30)23(34-26(29)33)15-18-13-21(27)24(22(14-18)31-3)32-16-17-7-5-4-6-8-17/h4-15H,16H2,1-3H3/b23-15+. The van der Waals surface area contributed by atoms with Gasteiger partial charge in [-0.1, -0.05) is 65.9 Å². The predicted octanol–water partition coefficient (Wildman–Crippen LogP) is 6.40. The molecule has 8 heteroatoms. The molecule has 34 heavy (non-hydrogen) atoms. The Morgan fingerprint density at radius 2 is 1.79 bits per heavy atom. The van der Waals surface area contributed by atoms with E-state index in [1.165, 1.54) is 11.8 Å². The maximum absolute atomic E-state index is 13.2. The molecule has 0 atom stereocenters. The molecule has 0 radical (unpaired) electrons. The molecule has 5 nitrogen and oxygen atoms in total. The zero-order chi connectivity index (χ0) is 24.2. The molecule has 1 amide bonds. The van der Waals surface area contributed by atoms with Crippen LogP contribution < -0.4 is 19.3 Å². The zero-order valence-electron chi connectivity index (χ0n) is 18.9. The van der Waals surface area contributed by atoms with E-state index < -0.39 is 0 Å². The Morgan fingerprint density at radius 3 is 2.44 bits per heavy atom. The molecule has 0 saturated carbocycles. The molecule has 1 heterocycles. The Labute approximate surface area is 213 Å². The van der Waals surface area contributed by atoms with Crippen LogP contribution in [0.25, 0.3) is 6.08 Å². The number of ether oxygens (including phenoxy) is 2. The summed E-state index contributed by atoms with van der Waals surface area (Å²) in [5.74, 6) is 0.773. The van der Waals surface area contributed by atoms with Crippen LogP contribution in [0.4, 0.5) is 11.4 Å². The van der Waals surface area contributed by atoms with Crippen LogP contribution in [0.3, 0.4) is 0 Å². The van der Waals surface area contributed by atoms with Crippen molar-refractivity contribution in [1.82, 2.24) is 0 Å². The van der Waals surface area contributed by atoms with E-state index in [4.69, 9.17) is 33.3 Å². The second-order valence-corrected chi connectivity index (χ2v) is 9.82. The molecule has 0 unspecified atom stereocenters. The summed E-state index contributed by atoms with van der Waals surface area (Å²) >= 11 is 13.3. The van der Waals surface area contributed by atoms with E-state index in [0.29, 0.717) is 32.4 Å². The predicted molar refractivity (Wildman–Crippen MR) is 145 cm³/mol. The number of halogens is 1. The van der Waals surface area contributed by atoms with Gasteiger partial charge in [-0.2, -0.15) is 0 Å². The summed E-state index contributed by atoms with van der Waals surface area (Å²) in [7, 11) is 5.49. The van der Waals surface area contributed by atoms with Gasteiger partial charge in [0.05, 0.1) is 22.7 Å². The highest BCUT2D eigenvalue weighted by Crippen LogP contribution is 2.40. The molecule has 3 aromatic carbocycles. The molecule has 4 rings (SSSR count). The zero-order valence-corrected chi connectivity index (χ0v) is 21.3. The van der Waals surface area contributed by atoms with Crippen LogP contribution in [-0.4, -0.2) is 31.4 Å². The molecule has 0 aliphatic carbocycles. The molecule has 0 N–H and O–H groups in total. The van der Waals surface area contributed by atoms with Gasteiger partial charge in [0, 0.05) is 19.8 Å². The van der Waals surface area contributed by atoms with Crippen LogP contribution in [0, 0.1) is 0 Å². The second kappa shape index (κ2) is 10.5. The Kier molecular flexibility index (Phi) is 7.46. The van der Waals surface area contributed by atoms with Gasteiger partial charge in [0.15, 0.2) is 15.8 Å². The molecular weight excluding hydrogens is 488 g/mol. The first-order chi connectivity index (χ1) is 16.4. The highest BCUT2D eigenvalue weighted by molar-refractivity contribution is 8.27. The van der Waals surface area contributed by atoms with Crippen molar-refractivity contribution >= 4 is 63.3 Å². The molecule has 1 saturated heterocycles. The average molecular weight is 511 g/mol. The van der Waals surface area contributed by atoms with E-state index in [1.54, 1.807) is 30.2 Å². The van der Waals surface area contributed by atoms with Gasteiger partial charge in [0.25, 0.3) is 5.91 Å². The summed E-state index contributed by atoms with van der Waals surface area (Å²) < 4.78 is 11.9. The number of benzene rings is 3. The first kappa shape index (κ1) is 24.1. The van der Waals surface area contributed by atoms with E-state index in [0.717, 1.165) is 22.5 Å². The molecule has 0 bridgehead atoms. The van der Waals surface area contributed by atoms with E-state index in [-0.39, 0.29) is 5.91 Å². The van der Waals surface area contributed by atoms with E-state index in [2.05, 4.69) is 0 Å².